The van der Waals surface area contributed by atoms with Crippen LogP contribution in [0.5, 0.6) is 0 Å². The summed E-state index contributed by atoms with van der Waals surface area (Å²) in [6.07, 6.45) is 1.99. The van der Waals surface area contributed by atoms with Crippen molar-refractivity contribution in [1.82, 2.24) is 10.2 Å². The number of ether oxygens (including phenoxy) is 1. The molecule has 1 aromatic carbocycles. The minimum Gasteiger partial charge on any atom is -0.379 e. The molecule has 1 aliphatic rings. The molecule has 5 nitrogen and oxygen atoms in total. The quantitative estimate of drug-likeness (QED) is 0.451. The summed E-state index contributed by atoms with van der Waals surface area (Å²) >= 11 is 0. The standard InChI is InChI=1S/C20H34N4O/c1-20(2,3)18-7-5-17(6-8-18)9-11-23-19(21)22-10-4-12-24-13-15-25-16-14-24/h5-8H,4,9-16H2,1-3H3,(H3,21,22,23). The third-order valence-corrected chi connectivity index (χ3v) is 4.56. The van der Waals surface area contributed by atoms with Crippen molar-refractivity contribution in [2.75, 3.05) is 45.9 Å². The Bertz CT molecular complexity index is 528. The van der Waals surface area contributed by atoms with Crippen molar-refractivity contribution in [2.45, 2.75) is 39.0 Å². The molecule has 1 aromatic rings. The fourth-order valence-electron chi connectivity index (χ4n) is 2.88. The average molecular weight is 347 g/mol. The first-order valence-corrected chi connectivity index (χ1v) is 9.38. The molecule has 0 bridgehead atoms. The molecule has 1 heterocycles. The summed E-state index contributed by atoms with van der Waals surface area (Å²) in [5, 5.41) is 3.21. The van der Waals surface area contributed by atoms with Crippen LogP contribution in [0.4, 0.5) is 0 Å². The maximum absolute atomic E-state index is 5.94. The molecule has 5 heteroatoms. The van der Waals surface area contributed by atoms with Crippen LogP contribution in [0.25, 0.3) is 0 Å². The average Bonchev–Trinajstić information content (AvgIpc) is 2.59. The van der Waals surface area contributed by atoms with Crippen LogP contribution in [0.3, 0.4) is 0 Å². The Balaban J connectivity index is 1.61. The van der Waals surface area contributed by atoms with Crippen LogP contribution in [0, 0.1) is 0 Å². The summed E-state index contributed by atoms with van der Waals surface area (Å²) in [6.45, 7) is 13.1. The summed E-state index contributed by atoms with van der Waals surface area (Å²) in [5.41, 5.74) is 8.83. The molecule has 0 amide bonds. The van der Waals surface area contributed by atoms with Gasteiger partial charge in [0.25, 0.3) is 0 Å². The number of nitrogens with two attached hydrogens (primary N) is 1. The summed E-state index contributed by atoms with van der Waals surface area (Å²) in [5.74, 6) is 0.549. The van der Waals surface area contributed by atoms with E-state index in [0.717, 1.165) is 58.8 Å². The molecule has 0 aliphatic carbocycles. The van der Waals surface area contributed by atoms with Crippen molar-refractivity contribution >= 4 is 5.96 Å². The maximum Gasteiger partial charge on any atom is 0.188 e. The number of morpholine rings is 1. The Hall–Kier alpha value is -1.59. The van der Waals surface area contributed by atoms with Crippen molar-refractivity contribution in [2.24, 2.45) is 10.7 Å². The van der Waals surface area contributed by atoms with Crippen molar-refractivity contribution in [3.8, 4) is 0 Å². The molecule has 0 saturated carbocycles. The lowest BCUT2D eigenvalue weighted by Crippen LogP contribution is -2.37. The van der Waals surface area contributed by atoms with Gasteiger partial charge in [-0.2, -0.15) is 0 Å². The molecular formula is C20H34N4O. The predicted octanol–water partition coefficient (Wildman–Crippen LogP) is 2.15. The smallest absolute Gasteiger partial charge is 0.188 e. The van der Waals surface area contributed by atoms with Gasteiger partial charge in [-0.3, -0.25) is 9.89 Å². The number of hydrogen-bond donors (Lipinski definition) is 2. The normalized spacial score (nSPS) is 16.8. The molecule has 0 atom stereocenters. The van der Waals surface area contributed by atoms with Crippen LogP contribution in [-0.2, 0) is 16.6 Å². The number of guanidine groups is 1. The number of rotatable bonds is 7. The minimum absolute atomic E-state index is 0.203. The molecule has 3 N–H and O–H groups in total. The van der Waals surface area contributed by atoms with Crippen LogP contribution < -0.4 is 11.1 Å². The zero-order chi connectivity index (χ0) is 18.1. The number of nitrogens with zero attached hydrogens (tertiary/aromatic N) is 2. The summed E-state index contributed by atoms with van der Waals surface area (Å²) in [7, 11) is 0. The van der Waals surface area contributed by atoms with E-state index < -0.39 is 0 Å². The fraction of sp³-hybridized carbons (Fsp3) is 0.650. The van der Waals surface area contributed by atoms with Crippen LogP contribution in [0.2, 0.25) is 0 Å². The highest BCUT2D eigenvalue weighted by atomic mass is 16.5. The second-order valence-electron chi connectivity index (χ2n) is 7.70. The lowest BCUT2D eigenvalue weighted by atomic mass is 9.86. The highest BCUT2D eigenvalue weighted by molar-refractivity contribution is 5.77. The Morgan fingerprint density at radius 2 is 1.88 bits per heavy atom. The molecule has 0 radical (unpaired) electrons. The first kappa shape index (κ1) is 19.7. The molecule has 25 heavy (non-hydrogen) atoms. The van der Waals surface area contributed by atoms with Crippen LogP contribution >= 0.6 is 0 Å². The molecule has 0 spiro atoms. The van der Waals surface area contributed by atoms with Crippen molar-refractivity contribution < 1.29 is 4.74 Å². The van der Waals surface area contributed by atoms with Gasteiger partial charge in [-0.15, -0.1) is 0 Å². The van der Waals surface area contributed by atoms with Gasteiger partial charge < -0.3 is 15.8 Å². The van der Waals surface area contributed by atoms with Crippen LogP contribution in [0.15, 0.2) is 29.3 Å². The maximum atomic E-state index is 5.94. The second kappa shape index (κ2) is 9.78. The van der Waals surface area contributed by atoms with Gasteiger partial charge >= 0.3 is 0 Å². The van der Waals surface area contributed by atoms with Crippen LogP contribution in [-0.4, -0.2) is 56.8 Å². The highest BCUT2D eigenvalue weighted by Gasteiger charge is 2.12. The molecule has 1 saturated heterocycles. The SMILES string of the molecule is CC(C)(C)c1ccc(CCNC(N)=NCCCN2CCOCC2)cc1. The zero-order valence-corrected chi connectivity index (χ0v) is 16.1. The van der Waals surface area contributed by atoms with E-state index in [4.69, 9.17) is 10.5 Å². The van der Waals surface area contributed by atoms with Gasteiger partial charge in [0.15, 0.2) is 5.96 Å². The Morgan fingerprint density at radius 1 is 1.20 bits per heavy atom. The number of nitrogens with one attached hydrogen (secondary N) is 1. The molecule has 0 unspecified atom stereocenters. The van der Waals surface area contributed by atoms with Gasteiger partial charge in [-0.1, -0.05) is 45.0 Å². The van der Waals surface area contributed by atoms with Gasteiger partial charge in [0.05, 0.1) is 13.2 Å². The molecule has 1 aliphatic heterocycles. The molecule has 140 valence electrons. The molecular weight excluding hydrogens is 312 g/mol. The number of benzene rings is 1. The first-order chi connectivity index (χ1) is 11.9. The van der Waals surface area contributed by atoms with E-state index >= 15 is 0 Å². The first-order valence-electron chi connectivity index (χ1n) is 9.38. The largest absolute Gasteiger partial charge is 0.379 e. The summed E-state index contributed by atoms with van der Waals surface area (Å²) in [4.78, 5) is 6.83. The van der Waals surface area contributed by atoms with E-state index in [1.807, 2.05) is 0 Å². The molecule has 1 fully saturated rings. The van der Waals surface area contributed by atoms with Crippen molar-refractivity contribution in [3.05, 3.63) is 35.4 Å². The Morgan fingerprint density at radius 3 is 2.52 bits per heavy atom. The van der Waals surface area contributed by atoms with Gasteiger partial charge in [0.2, 0.25) is 0 Å². The predicted molar refractivity (Wildman–Crippen MR) is 105 cm³/mol. The van der Waals surface area contributed by atoms with Gasteiger partial charge in [0.1, 0.15) is 0 Å². The van der Waals surface area contributed by atoms with E-state index in [-0.39, 0.29) is 5.41 Å². The van der Waals surface area contributed by atoms with Gasteiger partial charge in [-0.05, 0) is 29.4 Å². The summed E-state index contributed by atoms with van der Waals surface area (Å²) in [6, 6.07) is 8.85. The monoisotopic (exact) mass is 346 g/mol. The second-order valence-corrected chi connectivity index (χ2v) is 7.70. The van der Waals surface area contributed by atoms with E-state index in [9.17, 15) is 0 Å². The number of aliphatic imine (C=N–C) groups is 1. The van der Waals surface area contributed by atoms with Crippen molar-refractivity contribution in [1.29, 1.82) is 0 Å². The van der Waals surface area contributed by atoms with E-state index in [1.54, 1.807) is 0 Å². The zero-order valence-electron chi connectivity index (χ0n) is 16.1. The number of hydrogen-bond acceptors (Lipinski definition) is 3. The molecule has 0 aromatic heterocycles. The Labute approximate surface area is 152 Å². The minimum atomic E-state index is 0.203. The third-order valence-electron chi connectivity index (χ3n) is 4.56. The Kier molecular flexibility index (Phi) is 7.72. The molecule has 2 rings (SSSR count). The third kappa shape index (κ3) is 7.45. The van der Waals surface area contributed by atoms with E-state index in [1.165, 1.54) is 11.1 Å². The fourth-order valence-corrected chi connectivity index (χ4v) is 2.88. The lowest BCUT2D eigenvalue weighted by Gasteiger charge is -2.26. The highest BCUT2D eigenvalue weighted by Crippen LogP contribution is 2.22. The lowest BCUT2D eigenvalue weighted by molar-refractivity contribution is 0.0377. The van der Waals surface area contributed by atoms with Crippen LogP contribution in [0.1, 0.15) is 38.3 Å². The van der Waals surface area contributed by atoms with Crippen molar-refractivity contribution in [3.63, 3.8) is 0 Å². The van der Waals surface area contributed by atoms with Gasteiger partial charge in [-0.25, -0.2) is 0 Å². The van der Waals surface area contributed by atoms with E-state index in [2.05, 4.69) is 60.2 Å². The van der Waals surface area contributed by atoms with E-state index in [0.29, 0.717) is 5.96 Å². The summed E-state index contributed by atoms with van der Waals surface area (Å²) < 4.78 is 5.35. The van der Waals surface area contributed by atoms with Gasteiger partial charge in [0, 0.05) is 32.7 Å². The topological polar surface area (TPSA) is 62.9 Å².